The van der Waals surface area contributed by atoms with Crippen molar-refractivity contribution in [3.05, 3.63) is 92.9 Å². The van der Waals surface area contributed by atoms with Crippen LogP contribution in [-0.4, -0.2) is 4.98 Å². The fourth-order valence-corrected chi connectivity index (χ4v) is 3.46. The highest BCUT2D eigenvalue weighted by atomic mass is 35.5. The third-order valence-corrected chi connectivity index (χ3v) is 5.19. The van der Waals surface area contributed by atoms with Gasteiger partial charge in [-0.25, -0.2) is 13.8 Å². The van der Waals surface area contributed by atoms with Gasteiger partial charge in [0.05, 0.1) is 28.9 Å². The molecule has 0 aliphatic rings. The average Bonchev–Trinajstić information content (AvgIpc) is 2.76. The largest absolute Gasteiger partial charge is 0.455 e. The van der Waals surface area contributed by atoms with E-state index in [-0.39, 0.29) is 33.0 Å². The van der Waals surface area contributed by atoms with E-state index in [2.05, 4.69) is 10.3 Å². The molecule has 0 aliphatic carbocycles. The van der Waals surface area contributed by atoms with Crippen LogP contribution in [0.4, 0.5) is 27.6 Å². The van der Waals surface area contributed by atoms with Crippen molar-refractivity contribution in [3.8, 4) is 11.3 Å². The van der Waals surface area contributed by atoms with Crippen LogP contribution in [-0.2, 0) is 6.18 Å². The molecule has 4 rings (SSSR count). The quantitative estimate of drug-likeness (QED) is 0.253. The number of halogens is 6. The molecule has 1 atom stereocenters. The van der Waals surface area contributed by atoms with E-state index in [0.717, 1.165) is 24.3 Å². The lowest BCUT2D eigenvalue weighted by molar-refractivity contribution is -0.137. The van der Waals surface area contributed by atoms with Crippen molar-refractivity contribution in [3.63, 3.8) is 0 Å². The molecule has 0 fully saturated rings. The number of fused-ring (bicyclic) bond motifs is 1. The number of nitrogens with zero attached hydrogens (tertiary/aromatic N) is 1. The third kappa shape index (κ3) is 4.68. The zero-order chi connectivity index (χ0) is 23.9. The average molecular weight is 481 g/mol. The Balaban J connectivity index is 1.91. The highest BCUT2D eigenvalue weighted by Crippen LogP contribution is 2.36. The zero-order valence-electron chi connectivity index (χ0n) is 16.8. The SMILES string of the molecule is C[C@@H](Nc1ccc(Cl)nc1)c1cc(C(F)(F)F)cc2c(=O)cc(-c3ccc(F)c(F)c3)oc12. The fourth-order valence-electron chi connectivity index (χ4n) is 3.35. The summed E-state index contributed by atoms with van der Waals surface area (Å²) in [5, 5.41) is 2.93. The second-order valence-electron chi connectivity index (χ2n) is 7.28. The molecule has 2 aromatic carbocycles. The van der Waals surface area contributed by atoms with Crippen LogP contribution < -0.4 is 10.7 Å². The van der Waals surface area contributed by atoms with E-state index in [4.69, 9.17) is 16.0 Å². The van der Waals surface area contributed by atoms with Gasteiger partial charge in [0.25, 0.3) is 0 Å². The standard InChI is InChI=1S/C23H14ClF5N2O2/c1-11(31-14-3-5-21(24)30-10-14)15-7-13(23(27,28)29)8-16-19(32)9-20(33-22(15)16)12-2-4-17(25)18(26)6-12/h2-11,31H,1H3/t11-/m1/s1. The monoisotopic (exact) mass is 480 g/mol. The molecule has 33 heavy (non-hydrogen) atoms. The summed E-state index contributed by atoms with van der Waals surface area (Å²) in [5.74, 6) is -2.37. The molecule has 0 amide bonds. The van der Waals surface area contributed by atoms with Crippen molar-refractivity contribution < 1.29 is 26.4 Å². The zero-order valence-corrected chi connectivity index (χ0v) is 17.6. The Kier molecular flexibility index (Phi) is 5.84. The number of hydrogen-bond donors (Lipinski definition) is 1. The summed E-state index contributed by atoms with van der Waals surface area (Å²) in [6.45, 7) is 1.58. The Labute approximate surface area is 188 Å². The number of benzene rings is 2. The lowest BCUT2D eigenvalue weighted by Gasteiger charge is -2.19. The molecule has 1 N–H and O–H groups in total. The maximum absolute atomic E-state index is 13.7. The molecule has 0 bridgehead atoms. The van der Waals surface area contributed by atoms with Gasteiger partial charge in [0.15, 0.2) is 17.1 Å². The van der Waals surface area contributed by atoms with Crippen LogP contribution in [0.15, 0.2) is 63.9 Å². The topological polar surface area (TPSA) is 55.1 Å². The molecule has 0 saturated carbocycles. The summed E-state index contributed by atoms with van der Waals surface area (Å²) < 4.78 is 73.4. The highest BCUT2D eigenvalue weighted by Gasteiger charge is 2.33. The van der Waals surface area contributed by atoms with Gasteiger partial charge in [-0.05, 0) is 49.4 Å². The number of aromatic nitrogens is 1. The second kappa shape index (κ2) is 8.47. The van der Waals surface area contributed by atoms with Crippen molar-refractivity contribution >= 4 is 28.3 Å². The number of hydrogen-bond acceptors (Lipinski definition) is 4. The Bertz CT molecular complexity index is 1400. The van der Waals surface area contributed by atoms with Gasteiger partial charge < -0.3 is 9.73 Å². The molecule has 0 aliphatic heterocycles. The van der Waals surface area contributed by atoms with Crippen LogP contribution in [0.5, 0.6) is 0 Å². The van der Waals surface area contributed by atoms with Gasteiger partial charge in [-0.15, -0.1) is 0 Å². The van der Waals surface area contributed by atoms with Crippen molar-refractivity contribution in [2.45, 2.75) is 19.1 Å². The maximum Gasteiger partial charge on any atom is 0.416 e. The van der Waals surface area contributed by atoms with Crippen molar-refractivity contribution in [1.82, 2.24) is 4.98 Å². The Morgan fingerprint density at radius 2 is 1.79 bits per heavy atom. The Morgan fingerprint density at radius 3 is 2.42 bits per heavy atom. The van der Waals surface area contributed by atoms with E-state index in [1.807, 2.05) is 0 Å². The first kappa shape index (κ1) is 22.7. The minimum absolute atomic E-state index is 0.0382. The molecule has 0 spiro atoms. The molecule has 4 aromatic rings. The molecule has 2 heterocycles. The van der Waals surface area contributed by atoms with Crippen molar-refractivity contribution in [2.75, 3.05) is 5.32 Å². The van der Waals surface area contributed by atoms with Crippen LogP contribution in [0.1, 0.15) is 24.1 Å². The summed E-state index contributed by atoms with van der Waals surface area (Å²) in [6, 6.07) is 7.75. The van der Waals surface area contributed by atoms with Gasteiger partial charge in [0, 0.05) is 17.2 Å². The summed E-state index contributed by atoms with van der Waals surface area (Å²) >= 11 is 5.76. The van der Waals surface area contributed by atoms with Crippen LogP contribution in [0.25, 0.3) is 22.3 Å². The van der Waals surface area contributed by atoms with Crippen LogP contribution in [0, 0.1) is 11.6 Å². The predicted octanol–water partition coefficient (Wildman–Crippen LogP) is 6.98. The van der Waals surface area contributed by atoms with E-state index in [1.165, 1.54) is 18.3 Å². The second-order valence-corrected chi connectivity index (χ2v) is 7.67. The summed E-state index contributed by atoms with van der Waals surface area (Å²) in [6.07, 6.45) is -3.31. The lowest BCUT2D eigenvalue weighted by Crippen LogP contribution is -2.13. The van der Waals surface area contributed by atoms with Crippen LogP contribution in [0.3, 0.4) is 0 Å². The molecule has 10 heteroatoms. The minimum Gasteiger partial charge on any atom is -0.455 e. The number of alkyl halides is 3. The molecule has 0 radical (unpaired) electrons. The first-order valence-electron chi connectivity index (χ1n) is 9.55. The van der Waals surface area contributed by atoms with Crippen molar-refractivity contribution in [1.29, 1.82) is 0 Å². The van der Waals surface area contributed by atoms with Gasteiger partial charge >= 0.3 is 6.18 Å². The molecular formula is C23H14ClF5N2O2. The van der Waals surface area contributed by atoms with E-state index < -0.39 is 34.8 Å². The van der Waals surface area contributed by atoms with Gasteiger partial charge in [0.1, 0.15) is 16.5 Å². The smallest absolute Gasteiger partial charge is 0.416 e. The summed E-state index contributed by atoms with van der Waals surface area (Å²) in [7, 11) is 0. The van der Waals surface area contributed by atoms with Gasteiger partial charge in [-0.3, -0.25) is 4.79 Å². The van der Waals surface area contributed by atoms with E-state index >= 15 is 0 Å². The summed E-state index contributed by atoms with van der Waals surface area (Å²) in [4.78, 5) is 16.6. The normalized spacial score (nSPS) is 12.7. The number of anilines is 1. The molecule has 170 valence electrons. The first-order valence-corrected chi connectivity index (χ1v) is 9.93. The van der Waals surface area contributed by atoms with Crippen LogP contribution in [0.2, 0.25) is 5.15 Å². The van der Waals surface area contributed by atoms with E-state index in [9.17, 15) is 26.7 Å². The number of nitrogens with one attached hydrogen (secondary N) is 1. The number of rotatable bonds is 4. The van der Waals surface area contributed by atoms with Gasteiger partial charge in [0.2, 0.25) is 0 Å². The number of pyridine rings is 1. The Hall–Kier alpha value is -3.46. The van der Waals surface area contributed by atoms with Gasteiger partial charge in [-0.2, -0.15) is 13.2 Å². The van der Waals surface area contributed by atoms with Crippen LogP contribution >= 0.6 is 11.6 Å². The summed E-state index contributed by atoms with van der Waals surface area (Å²) in [5.41, 5.74) is -1.34. The first-order chi connectivity index (χ1) is 15.5. The fraction of sp³-hybridized carbons (Fsp3) is 0.130. The maximum atomic E-state index is 13.7. The molecule has 4 nitrogen and oxygen atoms in total. The molecule has 0 saturated heterocycles. The third-order valence-electron chi connectivity index (χ3n) is 4.97. The lowest BCUT2D eigenvalue weighted by atomic mass is 9.99. The highest BCUT2D eigenvalue weighted by molar-refractivity contribution is 6.29. The van der Waals surface area contributed by atoms with Gasteiger partial charge in [-0.1, -0.05) is 11.6 Å². The van der Waals surface area contributed by atoms with Crippen molar-refractivity contribution in [2.24, 2.45) is 0 Å². The minimum atomic E-state index is -4.71. The van der Waals surface area contributed by atoms with E-state index in [0.29, 0.717) is 11.8 Å². The Morgan fingerprint density at radius 1 is 1.03 bits per heavy atom. The molecule has 0 unspecified atom stereocenters. The molecular weight excluding hydrogens is 467 g/mol. The van der Waals surface area contributed by atoms with E-state index in [1.54, 1.807) is 13.0 Å². The molecule has 2 aromatic heterocycles. The predicted molar refractivity (Wildman–Crippen MR) is 114 cm³/mol.